The first-order valence-corrected chi connectivity index (χ1v) is 3.87. The Bertz CT molecular complexity index is 125. The average Bonchev–Trinajstić information content (AvgIpc) is 2.02. The molecule has 0 heterocycles. The summed E-state index contributed by atoms with van der Waals surface area (Å²) in [5, 5.41) is 3.07. The van der Waals surface area contributed by atoms with Crippen LogP contribution in [0.25, 0.3) is 0 Å². The van der Waals surface area contributed by atoms with Crippen LogP contribution in [-0.2, 0) is 9.53 Å². The fourth-order valence-corrected chi connectivity index (χ4v) is 0.946. The molecule has 0 aromatic rings. The Hall–Kier alpha value is -0.570. The molecule has 0 aromatic heterocycles. The smallest absolute Gasteiger partial charge is 0.308 e. The van der Waals surface area contributed by atoms with Crippen LogP contribution in [-0.4, -0.2) is 26.2 Å². The second-order valence-electron chi connectivity index (χ2n) is 2.85. The van der Waals surface area contributed by atoms with Gasteiger partial charge in [0.1, 0.15) is 0 Å². The van der Waals surface area contributed by atoms with Crippen molar-refractivity contribution < 1.29 is 9.53 Å². The van der Waals surface area contributed by atoms with Crippen molar-refractivity contribution in [3.63, 3.8) is 0 Å². The molecule has 3 nitrogen and oxygen atoms in total. The molecule has 1 unspecified atom stereocenters. The molecular weight excluding hydrogens is 142 g/mol. The SMILES string of the molecule is CNC(C)C[C@@H](C)C(=O)OC. The Morgan fingerprint density at radius 2 is 2.09 bits per heavy atom. The summed E-state index contributed by atoms with van der Waals surface area (Å²) in [6.45, 7) is 3.92. The monoisotopic (exact) mass is 159 g/mol. The minimum absolute atomic E-state index is 0.0116. The molecule has 0 aliphatic heterocycles. The van der Waals surface area contributed by atoms with Gasteiger partial charge in [-0.3, -0.25) is 4.79 Å². The molecule has 0 aliphatic carbocycles. The van der Waals surface area contributed by atoms with Crippen LogP contribution >= 0.6 is 0 Å². The molecule has 3 heteroatoms. The van der Waals surface area contributed by atoms with Gasteiger partial charge in [0, 0.05) is 6.04 Å². The highest BCUT2D eigenvalue weighted by atomic mass is 16.5. The van der Waals surface area contributed by atoms with E-state index in [1.807, 2.05) is 20.9 Å². The predicted octanol–water partition coefficient (Wildman–Crippen LogP) is 0.793. The molecule has 0 radical (unpaired) electrons. The molecule has 1 N–H and O–H groups in total. The summed E-state index contributed by atoms with van der Waals surface area (Å²) in [6, 6.07) is 0.365. The zero-order valence-corrected chi connectivity index (χ0v) is 7.68. The van der Waals surface area contributed by atoms with Crippen molar-refractivity contribution in [1.82, 2.24) is 5.32 Å². The molecule has 11 heavy (non-hydrogen) atoms. The van der Waals surface area contributed by atoms with Gasteiger partial charge >= 0.3 is 5.97 Å². The number of carbonyl (C=O) groups is 1. The predicted molar refractivity (Wildman–Crippen MR) is 44.3 cm³/mol. The van der Waals surface area contributed by atoms with Gasteiger partial charge in [0.2, 0.25) is 0 Å². The van der Waals surface area contributed by atoms with E-state index >= 15 is 0 Å². The number of hydrogen-bond donors (Lipinski definition) is 1. The maximum atomic E-state index is 10.9. The zero-order chi connectivity index (χ0) is 8.85. The molecule has 0 bridgehead atoms. The number of methoxy groups -OCH3 is 1. The van der Waals surface area contributed by atoms with E-state index in [4.69, 9.17) is 0 Å². The molecule has 0 saturated carbocycles. The van der Waals surface area contributed by atoms with Gasteiger partial charge in [0.25, 0.3) is 0 Å². The lowest BCUT2D eigenvalue weighted by molar-refractivity contribution is -0.145. The standard InChI is InChI=1S/C8H17NO2/c1-6(8(10)11-4)5-7(2)9-3/h6-7,9H,5H2,1-4H3/t6-,7?/m1/s1. The number of esters is 1. The van der Waals surface area contributed by atoms with Crippen molar-refractivity contribution in [3.8, 4) is 0 Å². The third-order valence-corrected chi connectivity index (χ3v) is 1.80. The van der Waals surface area contributed by atoms with Crippen LogP contribution in [0.5, 0.6) is 0 Å². The summed E-state index contributed by atoms with van der Waals surface area (Å²) in [7, 11) is 3.30. The zero-order valence-electron chi connectivity index (χ0n) is 7.68. The molecule has 66 valence electrons. The Labute approximate surface area is 68.1 Å². The second kappa shape index (κ2) is 5.13. The van der Waals surface area contributed by atoms with E-state index in [9.17, 15) is 4.79 Å². The van der Waals surface area contributed by atoms with Crippen molar-refractivity contribution >= 4 is 5.97 Å². The van der Waals surface area contributed by atoms with Gasteiger partial charge in [-0.25, -0.2) is 0 Å². The topological polar surface area (TPSA) is 38.3 Å². The highest BCUT2D eigenvalue weighted by molar-refractivity contribution is 5.71. The summed E-state index contributed by atoms with van der Waals surface area (Å²) >= 11 is 0. The lowest BCUT2D eigenvalue weighted by Crippen LogP contribution is -2.26. The van der Waals surface area contributed by atoms with Crippen LogP contribution in [0.4, 0.5) is 0 Å². The Kier molecular flexibility index (Phi) is 4.86. The second-order valence-corrected chi connectivity index (χ2v) is 2.85. The van der Waals surface area contributed by atoms with Crippen molar-refractivity contribution in [2.75, 3.05) is 14.2 Å². The van der Waals surface area contributed by atoms with Gasteiger partial charge in [-0.15, -0.1) is 0 Å². The largest absolute Gasteiger partial charge is 0.469 e. The van der Waals surface area contributed by atoms with Crippen LogP contribution in [0, 0.1) is 5.92 Å². The highest BCUT2D eigenvalue weighted by Gasteiger charge is 2.15. The minimum atomic E-state index is -0.132. The molecule has 0 rings (SSSR count). The van der Waals surface area contributed by atoms with Crippen LogP contribution in [0.1, 0.15) is 20.3 Å². The molecule has 0 aromatic carbocycles. The van der Waals surface area contributed by atoms with Gasteiger partial charge in [0.15, 0.2) is 0 Å². The van der Waals surface area contributed by atoms with Gasteiger partial charge in [-0.2, -0.15) is 0 Å². The normalized spacial score (nSPS) is 15.6. The molecule has 0 spiro atoms. The molecule has 2 atom stereocenters. The molecule has 0 saturated heterocycles. The average molecular weight is 159 g/mol. The maximum Gasteiger partial charge on any atom is 0.308 e. The first kappa shape index (κ1) is 10.4. The highest BCUT2D eigenvalue weighted by Crippen LogP contribution is 2.06. The molecule has 0 fully saturated rings. The van der Waals surface area contributed by atoms with Crippen molar-refractivity contribution in [2.24, 2.45) is 5.92 Å². The van der Waals surface area contributed by atoms with E-state index in [-0.39, 0.29) is 11.9 Å². The molecule has 0 amide bonds. The summed E-state index contributed by atoms with van der Waals surface area (Å²) in [6.07, 6.45) is 0.823. The minimum Gasteiger partial charge on any atom is -0.469 e. The van der Waals surface area contributed by atoms with Gasteiger partial charge in [-0.1, -0.05) is 6.92 Å². The first-order valence-electron chi connectivity index (χ1n) is 3.87. The van der Waals surface area contributed by atoms with E-state index in [1.165, 1.54) is 7.11 Å². The summed E-state index contributed by atoms with van der Waals surface area (Å²) in [4.78, 5) is 10.9. The number of ether oxygens (including phenoxy) is 1. The summed E-state index contributed by atoms with van der Waals surface area (Å²) < 4.78 is 4.59. The third kappa shape index (κ3) is 3.98. The fourth-order valence-electron chi connectivity index (χ4n) is 0.946. The Morgan fingerprint density at radius 3 is 2.45 bits per heavy atom. The number of hydrogen-bond acceptors (Lipinski definition) is 3. The van der Waals surface area contributed by atoms with Crippen LogP contribution < -0.4 is 5.32 Å². The number of carbonyl (C=O) groups excluding carboxylic acids is 1. The molecular formula is C8H17NO2. The van der Waals surface area contributed by atoms with Gasteiger partial charge < -0.3 is 10.1 Å². The van der Waals surface area contributed by atoms with Crippen LogP contribution in [0.3, 0.4) is 0 Å². The summed E-state index contributed by atoms with van der Waals surface area (Å²) in [5.41, 5.74) is 0. The fraction of sp³-hybridized carbons (Fsp3) is 0.875. The quantitative estimate of drug-likeness (QED) is 0.616. The lowest BCUT2D eigenvalue weighted by atomic mass is 10.0. The van der Waals surface area contributed by atoms with E-state index in [0.29, 0.717) is 6.04 Å². The van der Waals surface area contributed by atoms with Crippen molar-refractivity contribution in [1.29, 1.82) is 0 Å². The lowest BCUT2D eigenvalue weighted by Gasteiger charge is -2.14. The first-order chi connectivity index (χ1) is 5.11. The van der Waals surface area contributed by atoms with Crippen molar-refractivity contribution in [3.05, 3.63) is 0 Å². The van der Waals surface area contributed by atoms with Crippen LogP contribution in [0.2, 0.25) is 0 Å². The van der Waals surface area contributed by atoms with E-state index in [1.54, 1.807) is 0 Å². The maximum absolute atomic E-state index is 10.9. The Balaban J connectivity index is 3.67. The number of rotatable bonds is 4. The number of nitrogens with one attached hydrogen (secondary N) is 1. The van der Waals surface area contributed by atoms with Crippen LogP contribution in [0.15, 0.2) is 0 Å². The van der Waals surface area contributed by atoms with E-state index < -0.39 is 0 Å². The summed E-state index contributed by atoms with van der Waals surface area (Å²) in [5.74, 6) is -0.144. The van der Waals surface area contributed by atoms with E-state index in [2.05, 4.69) is 10.1 Å². The Morgan fingerprint density at radius 1 is 1.55 bits per heavy atom. The van der Waals surface area contributed by atoms with E-state index in [0.717, 1.165) is 6.42 Å². The third-order valence-electron chi connectivity index (χ3n) is 1.80. The van der Waals surface area contributed by atoms with Gasteiger partial charge in [-0.05, 0) is 20.4 Å². The van der Waals surface area contributed by atoms with Gasteiger partial charge in [0.05, 0.1) is 13.0 Å². The molecule has 0 aliphatic rings. The van der Waals surface area contributed by atoms with Crippen molar-refractivity contribution in [2.45, 2.75) is 26.3 Å².